The molecule has 0 aliphatic carbocycles. The van der Waals surface area contributed by atoms with Gasteiger partial charge in [-0.3, -0.25) is 4.79 Å². The summed E-state index contributed by atoms with van der Waals surface area (Å²) in [5.41, 5.74) is 2.66. The molecule has 0 amide bonds. The highest BCUT2D eigenvalue weighted by Crippen LogP contribution is 2.46. The van der Waals surface area contributed by atoms with Crippen LogP contribution in [-0.4, -0.2) is 52.2 Å². The van der Waals surface area contributed by atoms with Crippen molar-refractivity contribution in [1.29, 1.82) is 0 Å². The first-order chi connectivity index (χ1) is 14.5. The third kappa shape index (κ3) is 4.26. The molecular formula is C23H26N2O5S. The van der Waals surface area contributed by atoms with E-state index in [0.717, 1.165) is 21.3 Å². The molecule has 0 radical (unpaired) electrons. The summed E-state index contributed by atoms with van der Waals surface area (Å²) in [4.78, 5) is 26.9. The fourth-order valence-corrected chi connectivity index (χ4v) is 4.62. The van der Waals surface area contributed by atoms with Gasteiger partial charge in [0, 0.05) is 44.0 Å². The number of carbonyl (C=O) groups excluding carboxylic acids is 2. The van der Waals surface area contributed by atoms with Gasteiger partial charge < -0.3 is 9.64 Å². The van der Waals surface area contributed by atoms with Crippen molar-refractivity contribution >= 4 is 27.5 Å². The number of hydrogen-bond donors (Lipinski definition) is 0. The quantitative estimate of drug-likeness (QED) is 0.505. The molecule has 0 saturated carbocycles. The van der Waals surface area contributed by atoms with E-state index in [0.29, 0.717) is 0 Å². The minimum Gasteiger partial charge on any atom is -0.454 e. The zero-order chi connectivity index (χ0) is 23.0. The van der Waals surface area contributed by atoms with E-state index < -0.39 is 22.6 Å². The van der Waals surface area contributed by atoms with Gasteiger partial charge in [-0.2, -0.15) is 0 Å². The van der Waals surface area contributed by atoms with Gasteiger partial charge in [0.2, 0.25) is 10.0 Å². The summed E-state index contributed by atoms with van der Waals surface area (Å²) in [6.07, 6.45) is 1.50. The van der Waals surface area contributed by atoms with Gasteiger partial charge in [0.15, 0.2) is 12.4 Å². The molecule has 0 fully saturated rings. The van der Waals surface area contributed by atoms with E-state index in [1.54, 1.807) is 0 Å². The molecule has 3 rings (SSSR count). The molecule has 0 aromatic heterocycles. The van der Waals surface area contributed by atoms with Gasteiger partial charge in [0.1, 0.15) is 0 Å². The van der Waals surface area contributed by atoms with Crippen LogP contribution in [-0.2, 0) is 25.0 Å². The van der Waals surface area contributed by atoms with Crippen molar-refractivity contribution in [2.75, 3.05) is 32.6 Å². The van der Waals surface area contributed by atoms with Crippen molar-refractivity contribution in [3.63, 3.8) is 0 Å². The van der Waals surface area contributed by atoms with Crippen LogP contribution >= 0.6 is 0 Å². The molecule has 0 saturated heterocycles. The second-order valence-corrected chi connectivity index (χ2v) is 10.2. The summed E-state index contributed by atoms with van der Waals surface area (Å²) in [6, 6.07) is 13.5. The molecule has 0 spiro atoms. The van der Waals surface area contributed by atoms with Crippen LogP contribution in [0.2, 0.25) is 0 Å². The number of carbonyl (C=O) groups is 2. The number of sulfonamides is 1. The zero-order valence-corrected chi connectivity index (χ0v) is 19.1. The molecule has 31 heavy (non-hydrogen) atoms. The molecule has 8 heteroatoms. The smallest absolute Gasteiger partial charge is 0.338 e. The highest BCUT2D eigenvalue weighted by molar-refractivity contribution is 7.89. The van der Waals surface area contributed by atoms with Crippen molar-refractivity contribution < 1.29 is 22.7 Å². The maximum absolute atomic E-state index is 12.6. The summed E-state index contributed by atoms with van der Waals surface area (Å²) >= 11 is 0. The second-order valence-electron chi connectivity index (χ2n) is 8.09. The van der Waals surface area contributed by atoms with E-state index in [2.05, 4.69) is 0 Å². The standard InChI is InChI=1S/C23H26N2O5S/c1-23(2)19-11-6-7-12-20(19)25(5)21(23)14-17(26)15-30-22(27)16-9-8-10-18(13-16)31(28,29)24(3)4/h6-14H,15H2,1-5H3/b21-14-. The Kier molecular flexibility index (Phi) is 6.07. The maximum Gasteiger partial charge on any atom is 0.338 e. The largest absolute Gasteiger partial charge is 0.454 e. The Bertz CT molecular complexity index is 1170. The summed E-state index contributed by atoms with van der Waals surface area (Å²) in [5, 5.41) is 0. The monoisotopic (exact) mass is 442 g/mol. The average Bonchev–Trinajstić information content (AvgIpc) is 2.93. The fraction of sp³-hybridized carbons (Fsp3) is 0.304. The van der Waals surface area contributed by atoms with Crippen molar-refractivity contribution in [2.24, 2.45) is 0 Å². The zero-order valence-electron chi connectivity index (χ0n) is 18.2. The van der Waals surface area contributed by atoms with Gasteiger partial charge in [0.05, 0.1) is 10.5 Å². The van der Waals surface area contributed by atoms with Gasteiger partial charge in [-0.25, -0.2) is 17.5 Å². The van der Waals surface area contributed by atoms with Crippen LogP contribution in [0.3, 0.4) is 0 Å². The molecule has 7 nitrogen and oxygen atoms in total. The first kappa shape index (κ1) is 22.7. The number of hydrogen-bond acceptors (Lipinski definition) is 6. The molecule has 164 valence electrons. The van der Waals surface area contributed by atoms with E-state index in [4.69, 9.17) is 4.74 Å². The molecule has 0 N–H and O–H groups in total. The topological polar surface area (TPSA) is 84.0 Å². The lowest BCUT2D eigenvalue weighted by Crippen LogP contribution is -2.25. The van der Waals surface area contributed by atoms with Crippen molar-refractivity contribution in [3.05, 3.63) is 71.4 Å². The number of benzene rings is 2. The number of nitrogens with zero attached hydrogens (tertiary/aromatic N) is 2. The molecule has 2 aromatic rings. The molecular weight excluding hydrogens is 416 g/mol. The van der Waals surface area contributed by atoms with Crippen molar-refractivity contribution in [1.82, 2.24) is 4.31 Å². The van der Waals surface area contributed by atoms with Crippen LogP contribution in [0.4, 0.5) is 5.69 Å². The number of anilines is 1. The van der Waals surface area contributed by atoms with Crippen LogP contribution in [0.15, 0.2) is 65.2 Å². The van der Waals surface area contributed by atoms with Crippen LogP contribution in [0.5, 0.6) is 0 Å². The predicted octanol–water partition coefficient (Wildman–Crippen LogP) is 2.97. The summed E-state index contributed by atoms with van der Waals surface area (Å²) in [7, 11) is 1.03. The number of ether oxygens (including phenoxy) is 1. The average molecular weight is 443 g/mol. The number of ketones is 1. The molecule has 1 heterocycles. The Labute approximate surface area is 183 Å². The minimum atomic E-state index is -3.68. The Morgan fingerprint density at radius 1 is 1.10 bits per heavy atom. The lowest BCUT2D eigenvalue weighted by molar-refractivity contribution is -0.117. The minimum absolute atomic E-state index is 0.0208. The normalized spacial score (nSPS) is 16.5. The van der Waals surface area contributed by atoms with E-state index in [-0.39, 0.29) is 21.7 Å². The highest BCUT2D eigenvalue weighted by Gasteiger charge is 2.38. The van der Waals surface area contributed by atoms with Gasteiger partial charge >= 0.3 is 5.97 Å². The lowest BCUT2D eigenvalue weighted by Gasteiger charge is -2.23. The third-order valence-corrected chi connectivity index (χ3v) is 7.24. The molecule has 0 atom stereocenters. The Morgan fingerprint density at radius 3 is 2.42 bits per heavy atom. The maximum atomic E-state index is 12.6. The van der Waals surface area contributed by atoms with Gasteiger partial charge in [-0.15, -0.1) is 0 Å². The van der Waals surface area contributed by atoms with Crippen molar-refractivity contribution in [2.45, 2.75) is 24.2 Å². The first-order valence-electron chi connectivity index (χ1n) is 9.74. The van der Waals surface area contributed by atoms with E-state index in [1.165, 1.54) is 44.4 Å². The molecule has 0 bridgehead atoms. The number of para-hydroxylation sites is 1. The SMILES string of the molecule is CN1/C(=C\C(=O)COC(=O)c2cccc(S(=O)(=O)N(C)C)c2)C(C)(C)c2ccccc21. The van der Waals surface area contributed by atoms with Crippen LogP contribution in [0.1, 0.15) is 29.8 Å². The predicted molar refractivity (Wildman–Crippen MR) is 119 cm³/mol. The third-order valence-electron chi connectivity index (χ3n) is 5.43. The summed E-state index contributed by atoms with van der Waals surface area (Å²) < 4.78 is 30.7. The number of rotatable bonds is 6. The number of likely N-dealkylation sites (N-methyl/N-ethyl adjacent to an activating group) is 1. The molecule has 1 aliphatic rings. The Balaban J connectivity index is 1.73. The number of fused-ring (bicyclic) bond motifs is 1. The summed E-state index contributed by atoms with van der Waals surface area (Å²) in [6.45, 7) is 3.64. The van der Waals surface area contributed by atoms with Crippen LogP contribution < -0.4 is 4.90 Å². The number of allylic oxidation sites excluding steroid dienone is 1. The molecule has 1 aliphatic heterocycles. The van der Waals surface area contributed by atoms with Gasteiger partial charge in [0.25, 0.3) is 0 Å². The van der Waals surface area contributed by atoms with Crippen LogP contribution in [0.25, 0.3) is 0 Å². The Hall–Kier alpha value is -2.97. The van der Waals surface area contributed by atoms with Gasteiger partial charge in [-0.05, 0) is 29.8 Å². The van der Waals surface area contributed by atoms with E-state index >= 15 is 0 Å². The molecule has 0 unspecified atom stereocenters. The van der Waals surface area contributed by atoms with Crippen molar-refractivity contribution in [3.8, 4) is 0 Å². The second kappa shape index (κ2) is 8.28. The fourth-order valence-electron chi connectivity index (χ4n) is 3.67. The van der Waals surface area contributed by atoms with E-state index in [9.17, 15) is 18.0 Å². The van der Waals surface area contributed by atoms with Crippen LogP contribution in [0, 0.1) is 0 Å². The number of esters is 1. The van der Waals surface area contributed by atoms with E-state index in [1.807, 2.05) is 50.1 Å². The molecule has 2 aromatic carbocycles. The summed E-state index contributed by atoms with van der Waals surface area (Å²) in [5.74, 6) is -1.11. The Morgan fingerprint density at radius 2 is 1.77 bits per heavy atom. The first-order valence-corrected chi connectivity index (χ1v) is 11.2. The lowest BCUT2D eigenvalue weighted by atomic mass is 9.83. The van der Waals surface area contributed by atoms with Gasteiger partial charge in [-0.1, -0.05) is 38.1 Å². The highest BCUT2D eigenvalue weighted by atomic mass is 32.2.